The van der Waals surface area contributed by atoms with Crippen molar-refractivity contribution in [3.63, 3.8) is 0 Å². The van der Waals surface area contributed by atoms with E-state index in [-0.39, 0.29) is 5.91 Å². The minimum absolute atomic E-state index is 0.176. The molecule has 0 bridgehead atoms. The first-order valence-electron chi connectivity index (χ1n) is 7.05. The lowest BCUT2D eigenvalue weighted by molar-refractivity contribution is 0.0937. The molecule has 110 valence electrons. The van der Waals surface area contributed by atoms with Crippen molar-refractivity contribution in [2.75, 3.05) is 26.7 Å². The zero-order chi connectivity index (χ0) is 14.5. The Labute approximate surface area is 119 Å². The first kappa shape index (κ1) is 14.7. The first-order valence-corrected chi connectivity index (χ1v) is 7.05. The van der Waals surface area contributed by atoms with Crippen molar-refractivity contribution in [3.8, 4) is 5.88 Å². The number of carbonyl (C=O) groups excluding carboxylic acids is 1. The molecule has 0 radical (unpaired) electrons. The maximum absolute atomic E-state index is 12.2. The van der Waals surface area contributed by atoms with E-state index < -0.39 is 0 Å². The SMILES string of the molecule is CCN1CCCC1CNC(=O)c1cnc(C)nc1OC. The normalized spacial score (nSPS) is 19.1. The number of hydrogen-bond donors (Lipinski definition) is 1. The Bertz CT molecular complexity index is 478. The minimum Gasteiger partial charge on any atom is -0.480 e. The van der Waals surface area contributed by atoms with Gasteiger partial charge in [0.05, 0.1) is 7.11 Å². The van der Waals surface area contributed by atoms with Gasteiger partial charge in [-0.2, -0.15) is 4.98 Å². The molecule has 1 atom stereocenters. The van der Waals surface area contributed by atoms with E-state index in [1.165, 1.54) is 19.7 Å². The van der Waals surface area contributed by atoms with Crippen molar-refractivity contribution in [3.05, 3.63) is 17.6 Å². The molecule has 6 nitrogen and oxygen atoms in total. The summed E-state index contributed by atoms with van der Waals surface area (Å²) >= 11 is 0. The summed E-state index contributed by atoms with van der Waals surface area (Å²) in [5.41, 5.74) is 0.388. The molecule has 1 saturated heterocycles. The standard InChI is InChI=1S/C14H22N4O2/c1-4-18-7-5-6-11(18)8-16-13(19)12-9-15-10(2)17-14(12)20-3/h9,11H,4-8H2,1-3H3,(H,16,19). The smallest absolute Gasteiger partial charge is 0.258 e. The third-order valence-electron chi connectivity index (χ3n) is 3.72. The van der Waals surface area contributed by atoms with Crippen LogP contribution in [0.3, 0.4) is 0 Å². The van der Waals surface area contributed by atoms with Crippen LogP contribution in [0.15, 0.2) is 6.20 Å². The second kappa shape index (κ2) is 6.65. The molecule has 0 spiro atoms. The Balaban J connectivity index is 1.98. The van der Waals surface area contributed by atoms with Gasteiger partial charge in [-0.15, -0.1) is 0 Å². The highest BCUT2D eigenvalue weighted by Crippen LogP contribution is 2.17. The van der Waals surface area contributed by atoms with Gasteiger partial charge in [0.1, 0.15) is 11.4 Å². The summed E-state index contributed by atoms with van der Waals surface area (Å²) in [5, 5.41) is 2.96. The summed E-state index contributed by atoms with van der Waals surface area (Å²) < 4.78 is 5.14. The lowest BCUT2D eigenvalue weighted by Gasteiger charge is -2.22. The van der Waals surface area contributed by atoms with Gasteiger partial charge in [-0.05, 0) is 32.9 Å². The first-order chi connectivity index (χ1) is 9.65. The molecule has 0 aliphatic carbocycles. The average Bonchev–Trinajstić information content (AvgIpc) is 2.92. The highest BCUT2D eigenvalue weighted by molar-refractivity contribution is 5.96. The van der Waals surface area contributed by atoms with Gasteiger partial charge in [-0.3, -0.25) is 9.69 Å². The van der Waals surface area contributed by atoms with Crippen LogP contribution in [-0.4, -0.2) is 53.6 Å². The fourth-order valence-corrected chi connectivity index (χ4v) is 2.61. The number of aromatic nitrogens is 2. The Morgan fingerprint density at radius 2 is 2.40 bits per heavy atom. The van der Waals surface area contributed by atoms with E-state index in [4.69, 9.17) is 4.74 Å². The number of nitrogens with one attached hydrogen (secondary N) is 1. The maximum Gasteiger partial charge on any atom is 0.258 e. The Morgan fingerprint density at radius 1 is 1.60 bits per heavy atom. The van der Waals surface area contributed by atoms with E-state index in [0.29, 0.717) is 29.9 Å². The van der Waals surface area contributed by atoms with Crippen LogP contribution in [0.25, 0.3) is 0 Å². The summed E-state index contributed by atoms with van der Waals surface area (Å²) in [4.78, 5) is 22.8. The number of rotatable bonds is 5. The lowest BCUT2D eigenvalue weighted by Crippen LogP contribution is -2.40. The molecule has 2 rings (SSSR count). The number of methoxy groups -OCH3 is 1. The minimum atomic E-state index is -0.176. The largest absolute Gasteiger partial charge is 0.480 e. The molecule has 1 unspecified atom stereocenters. The van der Waals surface area contributed by atoms with Gasteiger partial charge >= 0.3 is 0 Å². The molecule has 1 aliphatic heterocycles. The fraction of sp³-hybridized carbons (Fsp3) is 0.643. The number of nitrogens with zero attached hydrogens (tertiary/aromatic N) is 3. The predicted octanol–water partition coefficient (Wildman–Crippen LogP) is 1.01. The van der Waals surface area contributed by atoms with Crippen LogP contribution >= 0.6 is 0 Å². The van der Waals surface area contributed by atoms with Gasteiger partial charge in [0.25, 0.3) is 5.91 Å². The number of aryl methyl sites for hydroxylation is 1. The highest BCUT2D eigenvalue weighted by atomic mass is 16.5. The van der Waals surface area contributed by atoms with Crippen molar-refractivity contribution in [1.82, 2.24) is 20.2 Å². The van der Waals surface area contributed by atoms with E-state index in [1.54, 1.807) is 6.92 Å². The molecule has 2 heterocycles. The molecule has 20 heavy (non-hydrogen) atoms. The second-order valence-corrected chi connectivity index (χ2v) is 4.97. The van der Waals surface area contributed by atoms with Crippen molar-refractivity contribution >= 4 is 5.91 Å². The van der Waals surface area contributed by atoms with Crippen LogP contribution in [0.4, 0.5) is 0 Å². The third-order valence-corrected chi connectivity index (χ3v) is 3.72. The Hall–Kier alpha value is -1.69. The van der Waals surface area contributed by atoms with E-state index in [0.717, 1.165) is 19.5 Å². The summed E-state index contributed by atoms with van der Waals surface area (Å²) in [6, 6.07) is 0.432. The molecule has 0 saturated carbocycles. The molecule has 1 aliphatic rings. The number of likely N-dealkylation sites (N-methyl/N-ethyl adjacent to an activating group) is 1. The van der Waals surface area contributed by atoms with Gasteiger partial charge in [0.15, 0.2) is 0 Å². The molecule has 1 amide bonds. The number of hydrogen-bond acceptors (Lipinski definition) is 5. The van der Waals surface area contributed by atoms with Gasteiger partial charge in [0, 0.05) is 18.8 Å². The van der Waals surface area contributed by atoms with E-state index in [2.05, 4.69) is 27.1 Å². The monoisotopic (exact) mass is 278 g/mol. The quantitative estimate of drug-likeness (QED) is 0.870. The predicted molar refractivity (Wildman–Crippen MR) is 75.9 cm³/mol. The van der Waals surface area contributed by atoms with Gasteiger partial charge < -0.3 is 10.1 Å². The van der Waals surface area contributed by atoms with E-state index in [1.807, 2.05) is 0 Å². The third kappa shape index (κ3) is 3.25. The number of amides is 1. The molecular weight excluding hydrogens is 256 g/mol. The molecule has 1 N–H and O–H groups in total. The van der Waals surface area contributed by atoms with Crippen LogP contribution in [0.5, 0.6) is 5.88 Å². The maximum atomic E-state index is 12.2. The number of ether oxygens (including phenoxy) is 1. The topological polar surface area (TPSA) is 67.4 Å². The molecule has 0 aromatic carbocycles. The van der Waals surface area contributed by atoms with Gasteiger partial charge in [-0.25, -0.2) is 4.98 Å². The van der Waals surface area contributed by atoms with Crippen LogP contribution in [0.2, 0.25) is 0 Å². The summed E-state index contributed by atoms with van der Waals surface area (Å²) in [5.74, 6) is 0.741. The van der Waals surface area contributed by atoms with Gasteiger partial charge in [0.2, 0.25) is 5.88 Å². The van der Waals surface area contributed by atoms with Crippen molar-refractivity contribution in [1.29, 1.82) is 0 Å². The number of likely N-dealkylation sites (tertiary alicyclic amines) is 1. The molecule has 1 aromatic rings. The summed E-state index contributed by atoms with van der Waals surface area (Å²) in [6.07, 6.45) is 3.85. The van der Waals surface area contributed by atoms with Crippen LogP contribution in [0.1, 0.15) is 35.9 Å². The van der Waals surface area contributed by atoms with Gasteiger partial charge in [-0.1, -0.05) is 6.92 Å². The Morgan fingerprint density at radius 3 is 3.10 bits per heavy atom. The molecule has 6 heteroatoms. The number of carbonyl (C=O) groups is 1. The van der Waals surface area contributed by atoms with Crippen LogP contribution < -0.4 is 10.1 Å². The Kier molecular flexibility index (Phi) is 4.89. The molecule has 1 aromatic heterocycles. The lowest BCUT2D eigenvalue weighted by atomic mass is 10.2. The van der Waals surface area contributed by atoms with Crippen LogP contribution in [-0.2, 0) is 0 Å². The molecule has 1 fully saturated rings. The van der Waals surface area contributed by atoms with E-state index in [9.17, 15) is 4.79 Å². The zero-order valence-corrected chi connectivity index (χ0v) is 12.3. The highest BCUT2D eigenvalue weighted by Gasteiger charge is 2.24. The van der Waals surface area contributed by atoms with Crippen molar-refractivity contribution < 1.29 is 9.53 Å². The van der Waals surface area contributed by atoms with E-state index >= 15 is 0 Å². The summed E-state index contributed by atoms with van der Waals surface area (Å²) in [6.45, 7) is 6.72. The summed E-state index contributed by atoms with van der Waals surface area (Å²) in [7, 11) is 1.51. The second-order valence-electron chi connectivity index (χ2n) is 4.97. The van der Waals surface area contributed by atoms with Crippen molar-refractivity contribution in [2.24, 2.45) is 0 Å². The zero-order valence-electron chi connectivity index (χ0n) is 12.3. The molecular formula is C14H22N4O2. The fourth-order valence-electron chi connectivity index (χ4n) is 2.61. The van der Waals surface area contributed by atoms with Crippen LogP contribution in [0, 0.1) is 6.92 Å². The van der Waals surface area contributed by atoms with Crippen molar-refractivity contribution in [2.45, 2.75) is 32.7 Å². The average molecular weight is 278 g/mol.